The normalized spacial score (nSPS) is 14.6. The number of carbonyl (C=O) groups is 1. The van der Waals surface area contributed by atoms with Gasteiger partial charge in [-0.2, -0.15) is 10.2 Å². The van der Waals surface area contributed by atoms with Gasteiger partial charge in [-0.15, -0.1) is 0 Å². The maximum absolute atomic E-state index is 13.6. The molecule has 1 aliphatic rings. The molecule has 182 valence electrons. The van der Waals surface area contributed by atoms with E-state index in [4.69, 9.17) is 0 Å². The number of carbonyl (C=O) groups excluding carboxylic acids is 1. The molecule has 0 atom stereocenters. The highest BCUT2D eigenvalue weighted by Gasteiger charge is 2.23. The van der Waals surface area contributed by atoms with Gasteiger partial charge in [0.05, 0.1) is 4.47 Å². The molecule has 0 saturated carbocycles. The van der Waals surface area contributed by atoms with E-state index in [0.29, 0.717) is 35.6 Å². The summed E-state index contributed by atoms with van der Waals surface area (Å²) in [5.41, 5.74) is 3.53. The monoisotopic (exact) mass is 532 g/mol. The first-order valence-electron chi connectivity index (χ1n) is 11.2. The van der Waals surface area contributed by atoms with E-state index in [1.807, 2.05) is 19.9 Å². The fourth-order valence-electron chi connectivity index (χ4n) is 3.61. The molecule has 0 radical (unpaired) electrons. The Bertz CT molecular complexity index is 1010. The fraction of sp³-hybridized carbons (Fsp3) is 0.478. The van der Waals surface area contributed by atoms with Crippen LogP contribution in [0.1, 0.15) is 19.7 Å². The molecule has 34 heavy (non-hydrogen) atoms. The van der Waals surface area contributed by atoms with Gasteiger partial charge in [-0.05, 0) is 53.2 Å². The third-order valence-corrected chi connectivity index (χ3v) is 6.04. The van der Waals surface area contributed by atoms with E-state index in [9.17, 15) is 14.4 Å². The van der Waals surface area contributed by atoms with Crippen molar-refractivity contribution in [3.63, 3.8) is 0 Å². The lowest BCUT2D eigenvalue weighted by molar-refractivity contribution is 0.156. The minimum absolute atomic E-state index is 0.00617. The lowest BCUT2D eigenvalue weighted by Gasteiger charge is -2.35. The Balaban J connectivity index is 1.82. The average Bonchev–Trinajstić information content (AvgIpc) is 2.81. The lowest BCUT2D eigenvalue weighted by atomic mass is 10.2. The van der Waals surface area contributed by atoms with Crippen LogP contribution in [0, 0.1) is 23.1 Å². The molecule has 2 heterocycles. The molecule has 1 fully saturated rings. The molecule has 3 rings (SSSR count). The highest BCUT2D eigenvalue weighted by molar-refractivity contribution is 9.10. The number of hydrogen-bond donors (Lipinski definition) is 1. The van der Waals surface area contributed by atoms with Crippen molar-refractivity contribution < 1.29 is 9.18 Å². The second-order valence-corrected chi connectivity index (χ2v) is 9.53. The number of piperazine rings is 1. The summed E-state index contributed by atoms with van der Waals surface area (Å²) >= 11 is 3.42. The number of rotatable bonds is 8. The van der Waals surface area contributed by atoms with E-state index in [-0.39, 0.29) is 23.6 Å². The van der Waals surface area contributed by atoms with Gasteiger partial charge in [0.25, 0.3) is 0 Å². The maximum atomic E-state index is 13.6. The smallest absolute Gasteiger partial charge is 0.304 e. The number of hydrogen-bond acceptors (Lipinski definition) is 7. The molecule has 9 nitrogen and oxygen atoms in total. The summed E-state index contributed by atoms with van der Waals surface area (Å²) in [5.74, 6) is 0.231. The van der Waals surface area contributed by atoms with Crippen LogP contribution in [0.25, 0.3) is 0 Å². The zero-order chi connectivity index (χ0) is 24.7. The molecule has 1 saturated heterocycles. The Morgan fingerprint density at radius 3 is 2.56 bits per heavy atom. The zero-order valence-corrected chi connectivity index (χ0v) is 21.3. The zero-order valence-electron chi connectivity index (χ0n) is 19.7. The molecule has 0 aliphatic carbocycles. The molecule has 1 N–H and O–H groups in total. The van der Waals surface area contributed by atoms with E-state index >= 15 is 0 Å². The van der Waals surface area contributed by atoms with E-state index < -0.39 is 0 Å². The fourth-order valence-corrected chi connectivity index (χ4v) is 4.01. The van der Waals surface area contributed by atoms with E-state index in [0.717, 1.165) is 26.2 Å². The van der Waals surface area contributed by atoms with Crippen LogP contribution in [-0.4, -0.2) is 78.7 Å². The maximum Gasteiger partial charge on any atom is 0.340 e. The molecule has 1 aromatic heterocycles. The van der Waals surface area contributed by atoms with Crippen LogP contribution >= 0.6 is 15.9 Å². The Morgan fingerprint density at radius 1 is 1.26 bits per heavy atom. The van der Waals surface area contributed by atoms with Crippen LogP contribution < -0.4 is 15.3 Å². The van der Waals surface area contributed by atoms with Gasteiger partial charge >= 0.3 is 6.03 Å². The number of hydrazine groups is 1. The predicted molar refractivity (Wildman–Crippen MR) is 133 cm³/mol. The summed E-state index contributed by atoms with van der Waals surface area (Å²) in [6, 6.07) is 7.45. The highest BCUT2D eigenvalue weighted by Crippen LogP contribution is 2.23. The van der Waals surface area contributed by atoms with Crippen molar-refractivity contribution >= 4 is 33.5 Å². The van der Waals surface area contributed by atoms with Crippen LogP contribution in [0.3, 0.4) is 0 Å². The summed E-state index contributed by atoms with van der Waals surface area (Å²) < 4.78 is 14.1. The first kappa shape index (κ1) is 25.8. The Morgan fingerprint density at radius 2 is 1.94 bits per heavy atom. The van der Waals surface area contributed by atoms with Crippen LogP contribution in [0.2, 0.25) is 0 Å². The number of nitrogens with one attached hydrogen (secondary N) is 1. The van der Waals surface area contributed by atoms with Gasteiger partial charge in [0.2, 0.25) is 5.82 Å². The largest absolute Gasteiger partial charge is 0.340 e. The van der Waals surface area contributed by atoms with Crippen LogP contribution in [0.5, 0.6) is 0 Å². The molecule has 1 aliphatic heterocycles. The van der Waals surface area contributed by atoms with Gasteiger partial charge in [-0.1, -0.05) is 13.8 Å². The standard InChI is InChI=1S/C23H30BrFN8O/c1-17(2)16-33(22-20(24)15-27-21(14-26)28-22)29-23(34)32(19-6-4-18(25)5-7-19)13-12-31-10-8-30(3)9-11-31/h4-7,15,17H,8-13,16H2,1-3H3,(H,29,34). The van der Waals surface area contributed by atoms with Gasteiger partial charge in [-0.3, -0.25) is 14.8 Å². The van der Waals surface area contributed by atoms with Crippen molar-refractivity contribution in [2.24, 2.45) is 5.92 Å². The number of nitrogens with zero attached hydrogens (tertiary/aromatic N) is 7. The second kappa shape index (κ2) is 12.1. The van der Waals surface area contributed by atoms with Gasteiger partial charge in [0.15, 0.2) is 5.82 Å². The number of anilines is 2. The first-order valence-corrected chi connectivity index (χ1v) is 12.0. The van der Waals surface area contributed by atoms with Crippen molar-refractivity contribution in [3.8, 4) is 6.07 Å². The molecule has 1 aromatic carbocycles. The molecule has 11 heteroatoms. The molecule has 0 bridgehead atoms. The van der Waals surface area contributed by atoms with Crippen molar-refractivity contribution in [1.82, 2.24) is 25.2 Å². The third-order valence-electron chi connectivity index (χ3n) is 5.48. The summed E-state index contributed by atoms with van der Waals surface area (Å²) in [5, 5.41) is 10.8. The Labute approximate surface area is 208 Å². The number of likely N-dealkylation sites (N-methyl/N-ethyl adjacent to an activating group) is 1. The van der Waals surface area contributed by atoms with Gasteiger partial charge in [0.1, 0.15) is 11.9 Å². The van der Waals surface area contributed by atoms with Crippen LogP contribution in [0.4, 0.5) is 20.7 Å². The van der Waals surface area contributed by atoms with Crippen LogP contribution in [-0.2, 0) is 0 Å². The molecule has 0 spiro atoms. The van der Waals surface area contributed by atoms with Crippen LogP contribution in [0.15, 0.2) is 34.9 Å². The predicted octanol–water partition coefficient (Wildman–Crippen LogP) is 3.09. The van der Waals surface area contributed by atoms with Gasteiger partial charge in [0, 0.05) is 57.7 Å². The third kappa shape index (κ3) is 7.09. The minimum Gasteiger partial charge on any atom is -0.304 e. The number of benzene rings is 1. The number of amides is 2. The molecule has 2 aromatic rings. The highest BCUT2D eigenvalue weighted by atomic mass is 79.9. The number of halogens is 2. The lowest BCUT2D eigenvalue weighted by Crippen LogP contribution is -2.53. The van der Waals surface area contributed by atoms with Gasteiger partial charge < -0.3 is 4.90 Å². The van der Waals surface area contributed by atoms with E-state index in [2.05, 4.69) is 48.2 Å². The van der Waals surface area contributed by atoms with Crippen molar-refractivity contribution in [2.75, 3.05) is 62.8 Å². The minimum atomic E-state index is -0.370. The molecular weight excluding hydrogens is 503 g/mol. The quantitative estimate of drug-likeness (QED) is 0.522. The molecule has 0 unspecified atom stereocenters. The Hall–Kier alpha value is -2.81. The SMILES string of the molecule is CC(C)CN(NC(=O)N(CCN1CCN(C)CC1)c1ccc(F)cc1)c1nc(C#N)ncc1Br. The van der Waals surface area contributed by atoms with Crippen molar-refractivity contribution in [2.45, 2.75) is 13.8 Å². The van der Waals surface area contributed by atoms with E-state index in [1.165, 1.54) is 18.3 Å². The molecular formula is C23H30BrFN8O. The van der Waals surface area contributed by atoms with E-state index in [1.54, 1.807) is 22.0 Å². The summed E-state index contributed by atoms with van der Waals surface area (Å²) in [6.45, 7) is 9.45. The first-order chi connectivity index (χ1) is 16.3. The number of aromatic nitrogens is 2. The topological polar surface area (TPSA) is 91.6 Å². The summed E-state index contributed by atoms with van der Waals surface area (Å²) in [7, 11) is 2.10. The Kier molecular flexibility index (Phi) is 9.15. The van der Waals surface area contributed by atoms with Crippen molar-refractivity contribution in [3.05, 3.63) is 46.6 Å². The summed E-state index contributed by atoms with van der Waals surface area (Å²) in [4.78, 5) is 27.9. The number of nitriles is 1. The molecule has 2 amide bonds. The van der Waals surface area contributed by atoms with Crippen molar-refractivity contribution in [1.29, 1.82) is 5.26 Å². The summed E-state index contributed by atoms with van der Waals surface area (Å²) in [6.07, 6.45) is 1.49. The number of urea groups is 1. The second-order valence-electron chi connectivity index (χ2n) is 8.67. The average molecular weight is 533 g/mol. The van der Waals surface area contributed by atoms with Gasteiger partial charge in [-0.25, -0.2) is 19.6 Å².